The highest BCUT2D eigenvalue weighted by molar-refractivity contribution is 6.44. The van der Waals surface area contributed by atoms with Gasteiger partial charge < -0.3 is 19.2 Å². The molecular formula is C20H19N3O8. The summed E-state index contributed by atoms with van der Waals surface area (Å²) in [6.07, 6.45) is 0. The molecule has 0 aliphatic rings. The second kappa shape index (κ2) is 11.0. The highest BCUT2D eigenvalue weighted by Crippen LogP contribution is 2.19. The lowest BCUT2D eigenvalue weighted by Gasteiger charge is -2.04. The van der Waals surface area contributed by atoms with E-state index in [-0.39, 0.29) is 23.6 Å². The van der Waals surface area contributed by atoms with E-state index in [1.54, 1.807) is 26.0 Å². The molecule has 31 heavy (non-hydrogen) atoms. The normalized spacial score (nSPS) is 10.7. The summed E-state index contributed by atoms with van der Waals surface area (Å²) in [6.45, 7) is 3.74. The topological polar surface area (TPSA) is 154 Å². The van der Waals surface area contributed by atoms with Crippen LogP contribution in [-0.2, 0) is 14.3 Å². The molecule has 1 heterocycles. The molecule has 0 aliphatic carbocycles. The molecule has 0 spiro atoms. The van der Waals surface area contributed by atoms with E-state index < -0.39 is 22.6 Å². The van der Waals surface area contributed by atoms with Crippen molar-refractivity contribution in [1.29, 1.82) is 0 Å². The number of nitrogens with zero attached hydrogens (tertiary/aromatic N) is 3. The first-order valence-electron chi connectivity index (χ1n) is 9.09. The summed E-state index contributed by atoms with van der Waals surface area (Å²) >= 11 is 0. The van der Waals surface area contributed by atoms with Crippen LogP contribution in [0.15, 0.2) is 58.2 Å². The van der Waals surface area contributed by atoms with Crippen molar-refractivity contribution in [2.75, 3.05) is 13.2 Å². The van der Waals surface area contributed by atoms with Crippen molar-refractivity contribution in [2.24, 2.45) is 5.16 Å². The zero-order valence-corrected chi connectivity index (χ0v) is 16.7. The van der Waals surface area contributed by atoms with Crippen molar-refractivity contribution < 1.29 is 33.7 Å². The Hall–Kier alpha value is -4.28. The number of oxime groups is 1. The highest BCUT2D eigenvalue weighted by Gasteiger charge is 2.24. The van der Waals surface area contributed by atoms with Gasteiger partial charge in [-0.15, -0.1) is 0 Å². The predicted molar refractivity (Wildman–Crippen MR) is 108 cm³/mol. The number of fused-ring (bicyclic) bond motifs is 1. The minimum absolute atomic E-state index is 0.0818. The maximum Gasteiger partial charge on any atom is 0.361 e. The van der Waals surface area contributed by atoms with Crippen molar-refractivity contribution in [3.63, 3.8) is 0 Å². The molecule has 2 aromatic carbocycles. The maximum absolute atomic E-state index is 11.4. The maximum atomic E-state index is 11.4. The Labute approximate surface area is 176 Å². The summed E-state index contributed by atoms with van der Waals surface area (Å²) in [5.74, 6) is -1.36. The van der Waals surface area contributed by atoms with E-state index in [2.05, 4.69) is 15.0 Å². The molecule has 0 unspecified atom stereocenters. The van der Waals surface area contributed by atoms with Crippen LogP contribution >= 0.6 is 0 Å². The van der Waals surface area contributed by atoms with Gasteiger partial charge in [-0.3, -0.25) is 10.1 Å². The van der Waals surface area contributed by atoms with E-state index in [0.29, 0.717) is 17.6 Å². The molecular weight excluding hydrogens is 410 g/mol. The number of nitro benzene ring substituents is 1. The molecule has 0 atom stereocenters. The Balaban J connectivity index is 0.000000224. The number of carbonyl (C=O) groups excluding carboxylic acids is 2. The molecule has 0 aliphatic heterocycles. The van der Waals surface area contributed by atoms with Gasteiger partial charge in [0.25, 0.3) is 5.69 Å². The van der Waals surface area contributed by atoms with Crippen molar-refractivity contribution in [3.8, 4) is 0 Å². The van der Waals surface area contributed by atoms with Gasteiger partial charge >= 0.3 is 11.9 Å². The number of esters is 2. The summed E-state index contributed by atoms with van der Waals surface area (Å²) in [4.78, 5) is 32.9. The van der Waals surface area contributed by atoms with Crippen molar-refractivity contribution >= 4 is 34.3 Å². The largest absolute Gasteiger partial charge is 0.461 e. The molecule has 0 fully saturated rings. The fourth-order valence-corrected chi connectivity index (χ4v) is 2.47. The Morgan fingerprint density at radius 1 is 1.10 bits per heavy atom. The summed E-state index contributed by atoms with van der Waals surface area (Å²) in [5.41, 5.74) is -0.0658. The van der Waals surface area contributed by atoms with Crippen molar-refractivity contribution in [3.05, 3.63) is 69.9 Å². The van der Waals surface area contributed by atoms with E-state index in [1.165, 1.54) is 24.3 Å². The van der Waals surface area contributed by atoms with Gasteiger partial charge in [0.2, 0.25) is 5.71 Å². The smallest absolute Gasteiger partial charge is 0.361 e. The van der Waals surface area contributed by atoms with Crippen LogP contribution in [0.25, 0.3) is 11.0 Å². The molecule has 3 aromatic rings. The van der Waals surface area contributed by atoms with Gasteiger partial charge in [-0.2, -0.15) is 0 Å². The number of hydrogen-bond acceptors (Lipinski definition) is 10. The number of ether oxygens (including phenoxy) is 2. The van der Waals surface area contributed by atoms with Crippen LogP contribution in [-0.4, -0.2) is 46.2 Å². The number of hydrogen-bond donors (Lipinski definition) is 1. The fraction of sp³-hybridized carbons (Fsp3) is 0.200. The number of nitro groups is 1. The average Bonchev–Trinajstić information content (AvgIpc) is 3.20. The van der Waals surface area contributed by atoms with Gasteiger partial charge in [0, 0.05) is 6.07 Å². The number of rotatable bonds is 6. The standard InChI is InChI=1S/C10H10N2O5.C10H9NO3/c1-2-17-10(13)9(11-14)7-5-3-4-6-8(7)12(15)16;1-2-13-10(12)9-7-5-3-4-6-8(7)14-11-9/h3-6,14H,2H2,1H3;3-6H,2H2,1H3. The third-order valence-corrected chi connectivity index (χ3v) is 3.77. The first-order valence-corrected chi connectivity index (χ1v) is 9.09. The van der Waals surface area contributed by atoms with Gasteiger partial charge in [0.15, 0.2) is 11.3 Å². The molecule has 1 N–H and O–H groups in total. The van der Waals surface area contributed by atoms with Crippen molar-refractivity contribution in [1.82, 2.24) is 5.16 Å². The molecule has 0 saturated heterocycles. The van der Waals surface area contributed by atoms with Crippen molar-refractivity contribution in [2.45, 2.75) is 13.8 Å². The van der Waals surface area contributed by atoms with Gasteiger partial charge in [-0.1, -0.05) is 34.6 Å². The number of para-hydroxylation sites is 2. The predicted octanol–water partition coefficient (Wildman–Crippen LogP) is 3.34. The second-order valence-electron chi connectivity index (χ2n) is 5.69. The fourth-order valence-electron chi connectivity index (χ4n) is 2.47. The number of benzene rings is 2. The van der Waals surface area contributed by atoms with Crippen LogP contribution < -0.4 is 0 Å². The molecule has 0 amide bonds. The Bertz CT molecular complexity index is 1110. The average molecular weight is 429 g/mol. The molecule has 162 valence electrons. The molecule has 11 nitrogen and oxygen atoms in total. The third-order valence-electron chi connectivity index (χ3n) is 3.77. The van der Waals surface area contributed by atoms with Crippen LogP contribution in [0.3, 0.4) is 0 Å². The van der Waals surface area contributed by atoms with Gasteiger partial charge in [0.05, 0.1) is 29.1 Å². The summed E-state index contributed by atoms with van der Waals surface area (Å²) in [6, 6.07) is 12.6. The molecule has 0 bridgehead atoms. The first-order chi connectivity index (χ1) is 14.9. The lowest BCUT2D eigenvalue weighted by atomic mass is 10.1. The summed E-state index contributed by atoms with van der Waals surface area (Å²) in [7, 11) is 0. The Morgan fingerprint density at radius 3 is 2.39 bits per heavy atom. The van der Waals surface area contributed by atoms with Crippen LogP contribution in [0.1, 0.15) is 29.9 Å². The zero-order valence-electron chi connectivity index (χ0n) is 16.7. The summed E-state index contributed by atoms with van der Waals surface area (Å²) < 4.78 is 14.4. The Morgan fingerprint density at radius 2 is 1.74 bits per heavy atom. The van der Waals surface area contributed by atoms with Crippen LogP contribution in [0.4, 0.5) is 5.69 Å². The van der Waals surface area contributed by atoms with E-state index in [0.717, 1.165) is 0 Å². The SMILES string of the molecule is CCOC(=O)C(=NO)c1ccccc1[N+](=O)[O-].CCOC(=O)c1noc2ccccc12. The van der Waals surface area contributed by atoms with Crippen LogP contribution in [0.2, 0.25) is 0 Å². The third kappa shape index (κ3) is 5.63. The van der Waals surface area contributed by atoms with Crippen LogP contribution in [0, 0.1) is 10.1 Å². The zero-order chi connectivity index (χ0) is 22.8. The van der Waals surface area contributed by atoms with E-state index in [9.17, 15) is 19.7 Å². The monoisotopic (exact) mass is 429 g/mol. The van der Waals surface area contributed by atoms with Gasteiger partial charge in [-0.25, -0.2) is 9.59 Å². The van der Waals surface area contributed by atoms with Gasteiger partial charge in [0.1, 0.15) is 0 Å². The molecule has 0 saturated carbocycles. The van der Waals surface area contributed by atoms with Crippen LogP contribution in [0.5, 0.6) is 0 Å². The molecule has 0 radical (unpaired) electrons. The van der Waals surface area contributed by atoms with E-state index >= 15 is 0 Å². The van der Waals surface area contributed by atoms with E-state index in [1.807, 2.05) is 12.1 Å². The molecule has 1 aromatic heterocycles. The van der Waals surface area contributed by atoms with E-state index in [4.69, 9.17) is 14.5 Å². The lowest BCUT2D eigenvalue weighted by molar-refractivity contribution is -0.385. The number of carbonyl (C=O) groups is 2. The summed E-state index contributed by atoms with van der Waals surface area (Å²) in [5, 5.41) is 26.6. The minimum Gasteiger partial charge on any atom is -0.461 e. The minimum atomic E-state index is -0.913. The first kappa shape index (κ1) is 23.0. The molecule has 3 rings (SSSR count). The second-order valence-corrected chi connectivity index (χ2v) is 5.69. The Kier molecular flexibility index (Phi) is 8.20. The quantitative estimate of drug-likeness (QED) is 0.204. The van der Waals surface area contributed by atoms with Gasteiger partial charge in [-0.05, 0) is 32.0 Å². The highest BCUT2D eigenvalue weighted by atomic mass is 16.6. The molecule has 11 heteroatoms. The lowest BCUT2D eigenvalue weighted by Crippen LogP contribution is -2.20. The number of aromatic nitrogens is 1.